The van der Waals surface area contributed by atoms with Gasteiger partial charge < -0.3 is 10.3 Å². The van der Waals surface area contributed by atoms with Crippen LogP contribution in [0.3, 0.4) is 0 Å². The summed E-state index contributed by atoms with van der Waals surface area (Å²) >= 11 is 9.06. The van der Waals surface area contributed by atoms with Gasteiger partial charge in [-0.2, -0.15) is 0 Å². The van der Waals surface area contributed by atoms with E-state index < -0.39 is 0 Å². The van der Waals surface area contributed by atoms with E-state index >= 15 is 0 Å². The predicted molar refractivity (Wildman–Crippen MR) is 59.0 cm³/mol. The normalized spacial score (nSPS) is 10.6. The molecule has 0 aliphatic rings. The van der Waals surface area contributed by atoms with Crippen LogP contribution in [0.25, 0.3) is 11.3 Å². The van der Waals surface area contributed by atoms with Gasteiger partial charge in [0.25, 0.3) is 0 Å². The van der Waals surface area contributed by atoms with E-state index in [4.69, 9.17) is 21.9 Å². The van der Waals surface area contributed by atoms with Crippen molar-refractivity contribution in [3.05, 3.63) is 33.5 Å². The highest BCUT2D eigenvalue weighted by molar-refractivity contribution is 9.10. The fraction of sp³-hybridized carbons (Fsp3) is 0. The van der Waals surface area contributed by atoms with Crippen molar-refractivity contribution in [1.29, 1.82) is 0 Å². The van der Waals surface area contributed by atoms with Gasteiger partial charge in [0.1, 0.15) is 10.8 Å². The Morgan fingerprint density at radius 1 is 1.47 bits per heavy atom. The molecule has 2 aromatic rings. The number of aromatic nitrogens is 1. The number of halogens is 3. The molecule has 0 radical (unpaired) electrons. The van der Waals surface area contributed by atoms with Gasteiger partial charge in [-0.05, 0) is 34.1 Å². The maximum atomic E-state index is 12.8. The summed E-state index contributed by atoms with van der Waals surface area (Å²) in [6, 6.07) is 4.14. The fourth-order valence-corrected chi connectivity index (χ4v) is 1.83. The Hall–Kier alpha value is -1.07. The molecule has 2 N–H and O–H groups in total. The molecule has 1 heterocycles. The van der Waals surface area contributed by atoms with Crippen LogP contribution in [0.15, 0.2) is 27.2 Å². The quantitative estimate of drug-likeness (QED) is 0.875. The van der Waals surface area contributed by atoms with Crippen LogP contribution in [0.4, 0.5) is 10.2 Å². The van der Waals surface area contributed by atoms with Crippen LogP contribution in [0.2, 0.25) is 5.02 Å². The summed E-state index contributed by atoms with van der Waals surface area (Å²) in [5, 5.41) is 3.74. The summed E-state index contributed by atoms with van der Waals surface area (Å²) in [4.78, 5) is 0. The smallest absolute Gasteiger partial charge is 0.188 e. The molecule has 0 saturated heterocycles. The highest BCUT2D eigenvalue weighted by Gasteiger charge is 2.16. The summed E-state index contributed by atoms with van der Waals surface area (Å²) in [5.74, 6) is 0.0816. The van der Waals surface area contributed by atoms with E-state index in [0.29, 0.717) is 15.8 Å². The minimum absolute atomic E-state index is 0.114. The number of hydrogen-bond donors (Lipinski definition) is 1. The minimum Gasteiger partial charge on any atom is -0.380 e. The first kappa shape index (κ1) is 10.4. The van der Waals surface area contributed by atoms with Crippen LogP contribution >= 0.6 is 27.5 Å². The molecule has 0 atom stereocenters. The van der Waals surface area contributed by atoms with Crippen molar-refractivity contribution >= 4 is 33.3 Å². The third-order valence-electron chi connectivity index (χ3n) is 1.84. The summed E-state index contributed by atoms with van der Waals surface area (Å²) in [7, 11) is 0. The van der Waals surface area contributed by atoms with Crippen molar-refractivity contribution in [3.8, 4) is 11.3 Å². The van der Waals surface area contributed by atoms with E-state index in [-0.39, 0.29) is 16.7 Å². The van der Waals surface area contributed by atoms with Crippen LogP contribution < -0.4 is 5.73 Å². The molecule has 0 bridgehead atoms. The molecule has 0 fully saturated rings. The average Bonchev–Trinajstić information content (AvgIpc) is 2.49. The second-order valence-corrected chi connectivity index (χ2v) is 4.07. The van der Waals surface area contributed by atoms with Gasteiger partial charge in [0.05, 0.1) is 0 Å². The molecule has 1 aromatic carbocycles. The molecule has 78 valence electrons. The SMILES string of the molecule is Nc1noc(-c2ccc(F)cc2Br)c1Cl. The Labute approximate surface area is 98.1 Å². The van der Waals surface area contributed by atoms with Crippen LogP contribution in [-0.2, 0) is 0 Å². The van der Waals surface area contributed by atoms with E-state index in [0.717, 1.165) is 0 Å². The monoisotopic (exact) mass is 290 g/mol. The third kappa shape index (κ3) is 1.85. The first-order valence-corrected chi connectivity index (χ1v) is 5.12. The average molecular weight is 292 g/mol. The molecule has 6 heteroatoms. The Morgan fingerprint density at radius 3 is 2.73 bits per heavy atom. The lowest BCUT2D eigenvalue weighted by Gasteiger charge is -2.00. The number of hydrogen-bond acceptors (Lipinski definition) is 3. The molecule has 3 nitrogen and oxygen atoms in total. The Balaban J connectivity index is 2.59. The first-order valence-electron chi connectivity index (χ1n) is 3.95. The van der Waals surface area contributed by atoms with Gasteiger partial charge in [0, 0.05) is 10.0 Å². The second-order valence-electron chi connectivity index (χ2n) is 2.84. The van der Waals surface area contributed by atoms with Crippen LogP contribution in [0.1, 0.15) is 0 Å². The van der Waals surface area contributed by atoms with Crippen LogP contribution in [0, 0.1) is 5.82 Å². The zero-order valence-corrected chi connectivity index (χ0v) is 9.64. The van der Waals surface area contributed by atoms with Gasteiger partial charge in [0.15, 0.2) is 11.6 Å². The largest absolute Gasteiger partial charge is 0.380 e. The van der Waals surface area contributed by atoms with Crippen molar-refractivity contribution in [2.75, 3.05) is 5.73 Å². The van der Waals surface area contributed by atoms with E-state index in [1.807, 2.05) is 0 Å². The van der Waals surface area contributed by atoms with Gasteiger partial charge in [-0.25, -0.2) is 4.39 Å². The van der Waals surface area contributed by atoms with E-state index in [1.54, 1.807) is 0 Å². The number of rotatable bonds is 1. The number of nitrogens with two attached hydrogens (primary N) is 1. The zero-order chi connectivity index (χ0) is 11.0. The lowest BCUT2D eigenvalue weighted by atomic mass is 10.2. The highest BCUT2D eigenvalue weighted by Crippen LogP contribution is 2.36. The lowest BCUT2D eigenvalue weighted by molar-refractivity contribution is 0.435. The van der Waals surface area contributed by atoms with E-state index in [2.05, 4.69) is 21.1 Å². The summed E-state index contributed by atoms with van der Waals surface area (Å²) in [6.45, 7) is 0. The van der Waals surface area contributed by atoms with Gasteiger partial charge >= 0.3 is 0 Å². The predicted octanol–water partition coefficient (Wildman–Crippen LogP) is 3.48. The molecule has 15 heavy (non-hydrogen) atoms. The molecule has 0 unspecified atom stereocenters. The topological polar surface area (TPSA) is 52.0 Å². The van der Waals surface area contributed by atoms with Crippen molar-refractivity contribution in [2.45, 2.75) is 0 Å². The number of nitrogen functional groups attached to an aromatic ring is 1. The Kier molecular flexibility index (Phi) is 2.67. The molecule has 0 aliphatic heterocycles. The van der Waals surface area contributed by atoms with Gasteiger partial charge in [-0.15, -0.1) is 0 Å². The van der Waals surface area contributed by atoms with Crippen molar-refractivity contribution < 1.29 is 8.91 Å². The number of anilines is 1. The van der Waals surface area contributed by atoms with Crippen molar-refractivity contribution in [3.63, 3.8) is 0 Å². The molecular weight excluding hydrogens is 286 g/mol. The molecule has 1 aromatic heterocycles. The standard InChI is InChI=1S/C9H5BrClFN2O/c10-6-3-4(12)1-2-5(6)8-7(11)9(13)14-15-8/h1-3H,(H2,13,14). The molecule has 0 aliphatic carbocycles. The summed E-state index contributed by atoms with van der Waals surface area (Å²) < 4.78 is 18.3. The van der Waals surface area contributed by atoms with E-state index in [1.165, 1.54) is 18.2 Å². The first-order chi connectivity index (χ1) is 7.09. The van der Waals surface area contributed by atoms with Crippen molar-refractivity contribution in [1.82, 2.24) is 5.16 Å². The second kappa shape index (κ2) is 3.83. The zero-order valence-electron chi connectivity index (χ0n) is 7.30. The van der Waals surface area contributed by atoms with E-state index in [9.17, 15) is 4.39 Å². The molecule has 2 rings (SSSR count). The van der Waals surface area contributed by atoms with Gasteiger partial charge in [0.2, 0.25) is 0 Å². The summed E-state index contributed by atoms with van der Waals surface area (Å²) in [6.07, 6.45) is 0. The summed E-state index contributed by atoms with van der Waals surface area (Å²) in [5.41, 5.74) is 6.03. The minimum atomic E-state index is -0.353. The lowest BCUT2D eigenvalue weighted by Crippen LogP contribution is -1.84. The maximum absolute atomic E-state index is 12.8. The highest BCUT2D eigenvalue weighted by atomic mass is 79.9. The van der Waals surface area contributed by atoms with Gasteiger partial charge in [-0.1, -0.05) is 16.8 Å². The molecular formula is C9H5BrClFN2O. The van der Waals surface area contributed by atoms with Crippen molar-refractivity contribution in [2.24, 2.45) is 0 Å². The maximum Gasteiger partial charge on any atom is 0.188 e. The Morgan fingerprint density at radius 2 is 2.20 bits per heavy atom. The fourth-order valence-electron chi connectivity index (χ4n) is 1.13. The third-order valence-corrected chi connectivity index (χ3v) is 2.86. The van der Waals surface area contributed by atoms with Crippen LogP contribution in [-0.4, -0.2) is 5.16 Å². The van der Waals surface area contributed by atoms with Gasteiger partial charge in [-0.3, -0.25) is 0 Å². The van der Waals surface area contributed by atoms with Crippen LogP contribution in [0.5, 0.6) is 0 Å². The molecule has 0 spiro atoms. The number of nitrogens with zero attached hydrogens (tertiary/aromatic N) is 1. The Bertz CT molecular complexity index is 515. The molecule has 0 amide bonds. The molecule has 0 saturated carbocycles. The number of benzene rings is 1.